The van der Waals surface area contributed by atoms with Crippen LogP contribution < -0.4 is 0 Å². The van der Waals surface area contributed by atoms with Crippen molar-refractivity contribution in [3.05, 3.63) is 30.3 Å². The van der Waals surface area contributed by atoms with E-state index in [0.29, 0.717) is 11.8 Å². The van der Waals surface area contributed by atoms with Gasteiger partial charge in [-0.15, -0.1) is 0 Å². The molecule has 1 aromatic rings. The summed E-state index contributed by atoms with van der Waals surface area (Å²) in [6.45, 7) is 8.63. The van der Waals surface area contributed by atoms with Crippen LogP contribution in [0.25, 0.3) is 0 Å². The molecule has 0 saturated heterocycles. The molecule has 1 N–H and O–H groups in total. The second-order valence-corrected chi connectivity index (χ2v) is 9.87. The first-order chi connectivity index (χ1) is 8.43. The molecule has 0 amide bonds. The van der Waals surface area contributed by atoms with Crippen molar-refractivity contribution in [2.75, 3.05) is 12.3 Å². The van der Waals surface area contributed by atoms with Crippen molar-refractivity contribution in [3.63, 3.8) is 0 Å². The summed E-state index contributed by atoms with van der Waals surface area (Å²) in [5, 5.41) is 0. The molecule has 0 aromatic heterocycles. The van der Waals surface area contributed by atoms with E-state index in [1.54, 1.807) is 0 Å². The van der Waals surface area contributed by atoms with Crippen LogP contribution in [0.5, 0.6) is 0 Å². The Labute approximate surface area is 129 Å². The minimum atomic E-state index is -0.659. The third-order valence-electron chi connectivity index (χ3n) is 1.71. The van der Waals surface area contributed by atoms with Gasteiger partial charge in [-0.3, -0.25) is 0 Å². The van der Waals surface area contributed by atoms with Crippen molar-refractivity contribution >= 4 is 27.3 Å². The summed E-state index contributed by atoms with van der Waals surface area (Å²) >= 11 is -0.556. The van der Waals surface area contributed by atoms with Gasteiger partial charge in [0.15, 0.2) is 0 Å². The van der Waals surface area contributed by atoms with Crippen LogP contribution in [0.3, 0.4) is 0 Å². The minimum Gasteiger partial charge on any atom is -0.214 e. The van der Waals surface area contributed by atoms with Gasteiger partial charge in [-0.2, -0.15) is 18.2 Å². The Kier molecular flexibility index (Phi) is 18.9. The Morgan fingerprint density at radius 3 is 1.56 bits per heavy atom. The van der Waals surface area contributed by atoms with Gasteiger partial charge < -0.3 is 4.89 Å². The molecule has 1 aromatic carbocycles. The summed E-state index contributed by atoms with van der Waals surface area (Å²) < 4.78 is 0. The molecule has 0 spiro atoms. The summed E-state index contributed by atoms with van der Waals surface area (Å²) in [5.74, 6) is 1.30. The molecule has 0 saturated carbocycles. The molecule has 1 nitrogen and oxygen atoms in total. The van der Waals surface area contributed by atoms with Crippen LogP contribution in [0.4, 0.5) is 0 Å². The summed E-state index contributed by atoms with van der Waals surface area (Å²) in [5.41, 5.74) is 0. The van der Waals surface area contributed by atoms with Crippen molar-refractivity contribution in [2.24, 2.45) is 11.8 Å². The monoisotopic (exact) mass is 490 g/mol. The average molecular weight is 490 g/mol. The van der Waals surface area contributed by atoms with Gasteiger partial charge in [-0.25, -0.2) is 12.1 Å². The van der Waals surface area contributed by atoms with E-state index in [-0.39, 0.29) is 0 Å². The van der Waals surface area contributed by atoms with E-state index in [1.807, 2.05) is 30.3 Å². The molecule has 0 atom stereocenters. The van der Waals surface area contributed by atoms with Gasteiger partial charge in [0.1, 0.15) is 0 Å². The summed E-state index contributed by atoms with van der Waals surface area (Å²) in [7, 11) is 9.12. The van der Waals surface area contributed by atoms with Crippen LogP contribution in [0.15, 0.2) is 30.3 Å². The molecule has 18 heavy (non-hydrogen) atoms. The van der Waals surface area contributed by atoms with Crippen molar-refractivity contribution in [2.45, 2.75) is 27.7 Å². The Hall–Kier alpha value is 0.969. The minimum absolute atomic E-state index is 0.556. The largest absolute Gasteiger partial charge is 0.214 e. The fraction of sp³-hybridized carbons (Fsp3) is 0.615. The quantitative estimate of drug-likeness (QED) is 0.439. The molecule has 0 unspecified atom stereocenters. The second kappa shape index (κ2) is 16.0. The zero-order valence-electron chi connectivity index (χ0n) is 11.4. The Morgan fingerprint density at radius 2 is 1.39 bits per heavy atom. The van der Waals surface area contributed by atoms with Crippen LogP contribution in [0.2, 0.25) is 0 Å². The molecule has 0 aliphatic heterocycles. The van der Waals surface area contributed by atoms with Gasteiger partial charge in [-0.1, -0.05) is 27.7 Å². The van der Waals surface area contributed by atoms with Crippen molar-refractivity contribution in [3.8, 4) is 0 Å². The molecule has 110 valence electrons. The van der Waals surface area contributed by atoms with Crippen molar-refractivity contribution < 1.29 is 20.6 Å². The fourth-order valence-corrected chi connectivity index (χ4v) is 3.07. The molecular weight excluding hydrogens is 466 g/mol. The molecule has 0 aliphatic rings. The topological polar surface area (TPSA) is 20.2 Å². The zero-order valence-corrected chi connectivity index (χ0v) is 16.2. The molecule has 5 heteroatoms. The number of rotatable bonds is 4. The second-order valence-electron chi connectivity index (χ2n) is 4.67. The smallest absolute Gasteiger partial charge is 0.172 e. The van der Waals surface area contributed by atoms with E-state index in [1.165, 1.54) is 0 Å². The van der Waals surface area contributed by atoms with Crippen LogP contribution in [-0.2, 0) is 15.7 Å². The van der Waals surface area contributed by atoms with Gasteiger partial charge in [0, 0.05) is 8.15 Å². The molecule has 1 rings (SSSR count). The van der Waals surface area contributed by atoms with Gasteiger partial charge >= 0.3 is 34.8 Å². The SMILES string of the molecule is CC(C)CP(O)CC(C)C.[Cl][Ir+][Cl].c1cc[cH-]c1. The molecule has 0 fully saturated rings. The molecule has 0 radical (unpaired) electrons. The maximum absolute atomic E-state index is 9.45. The Morgan fingerprint density at radius 1 is 1.06 bits per heavy atom. The van der Waals surface area contributed by atoms with Crippen LogP contribution in [0.1, 0.15) is 27.7 Å². The maximum atomic E-state index is 9.45. The fourth-order valence-electron chi connectivity index (χ4n) is 1.24. The third kappa shape index (κ3) is 22.2. The van der Waals surface area contributed by atoms with E-state index in [2.05, 4.69) is 27.7 Å². The maximum Gasteiger partial charge on any atom is -0.172 e. The van der Waals surface area contributed by atoms with Crippen molar-refractivity contribution in [1.29, 1.82) is 0 Å². The molecule has 0 aliphatic carbocycles. The van der Waals surface area contributed by atoms with Gasteiger partial charge in [0.05, 0.1) is 0 Å². The predicted octanol–water partition coefficient (Wildman–Crippen LogP) is 5.47. The normalized spacial score (nSPS) is 10.1. The summed E-state index contributed by atoms with van der Waals surface area (Å²) in [6, 6.07) is 10.0. The van der Waals surface area contributed by atoms with E-state index >= 15 is 0 Å². The standard InChI is InChI=1S/C8H19OP.C5H5.2ClH.Ir/c1-7(2)5-10(9)6-8(3)4;1-2-4-5-3-1;;;/h7-9H,5-6H2,1-4H3;1-5H;2*1H;/q;-1;;;+3/p-2. The average Bonchev–Trinajstić information content (AvgIpc) is 2.72. The van der Waals surface area contributed by atoms with Crippen LogP contribution in [0, 0.1) is 11.8 Å². The first-order valence-electron chi connectivity index (χ1n) is 5.88. The van der Waals surface area contributed by atoms with Crippen LogP contribution in [-0.4, -0.2) is 17.2 Å². The third-order valence-corrected chi connectivity index (χ3v) is 4.01. The first-order valence-corrected chi connectivity index (χ1v) is 13.5. The Balaban J connectivity index is 0. The summed E-state index contributed by atoms with van der Waals surface area (Å²) in [4.78, 5) is 9.45. The van der Waals surface area contributed by atoms with E-state index in [4.69, 9.17) is 19.2 Å². The van der Waals surface area contributed by atoms with E-state index in [0.717, 1.165) is 12.3 Å². The first kappa shape index (κ1) is 21.3. The predicted molar refractivity (Wildman–Crippen MR) is 82.3 cm³/mol. The number of hydrogen-bond acceptors (Lipinski definition) is 1. The van der Waals surface area contributed by atoms with Gasteiger partial charge in [0.25, 0.3) is 0 Å². The van der Waals surface area contributed by atoms with Crippen LogP contribution >= 0.6 is 27.3 Å². The van der Waals surface area contributed by atoms with Gasteiger partial charge in [-0.05, 0) is 24.2 Å². The number of hydrogen-bond donors (Lipinski definition) is 1. The molecule has 0 bridgehead atoms. The zero-order chi connectivity index (χ0) is 14.4. The van der Waals surface area contributed by atoms with E-state index < -0.39 is 23.8 Å². The van der Waals surface area contributed by atoms with E-state index in [9.17, 15) is 4.89 Å². The summed E-state index contributed by atoms with van der Waals surface area (Å²) in [6.07, 6.45) is 2.01. The molecule has 0 heterocycles. The van der Waals surface area contributed by atoms with Gasteiger partial charge in [0.2, 0.25) is 0 Å². The Bertz CT molecular complexity index is 204. The number of halogens is 2. The van der Waals surface area contributed by atoms with Crippen molar-refractivity contribution in [1.82, 2.24) is 0 Å². The molecular formula is C13H24Cl2IrOP.